The number of sulfonamides is 1. The summed E-state index contributed by atoms with van der Waals surface area (Å²) in [6.45, 7) is 3.23. The molecule has 0 saturated heterocycles. The van der Waals surface area contributed by atoms with Gasteiger partial charge in [-0.25, -0.2) is 13.2 Å². The van der Waals surface area contributed by atoms with E-state index in [0.29, 0.717) is 21.9 Å². The van der Waals surface area contributed by atoms with E-state index < -0.39 is 21.9 Å². The van der Waals surface area contributed by atoms with Gasteiger partial charge in [0.1, 0.15) is 10.6 Å². The summed E-state index contributed by atoms with van der Waals surface area (Å²) in [6, 6.07) is 11.5. The molecule has 3 aromatic rings. The quantitative estimate of drug-likeness (QED) is 0.498. The van der Waals surface area contributed by atoms with Crippen LogP contribution in [-0.2, 0) is 19.6 Å². The molecule has 0 spiro atoms. The Morgan fingerprint density at radius 3 is 2.47 bits per heavy atom. The van der Waals surface area contributed by atoms with Gasteiger partial charge in [0.15, 0.2) is 0 Å². The molecule has 3 rings (SSSR count). The van der Waals surface area contributed by atoms with Gasteiger partial charge in [-0.2, -0.15) is 4.31 Å². The highest BCUT2D eigenvalue weighted by Crippen LogP contribution is 2.29. The fourth-order valence-electron chi connectivity index (χ4n) is 3.21. The summed E-state index contributed by atoms with van der Waals surface area (Å²) >= 11 is 1.29. The highest BCUT2D eigenvalue weighted by atomic mass is 32.2. The van der Waals surface area contributed by atoms with E-state index >= 15 is 0 Å². The maximum Gasteiger partial charge on any atom is 0.348 e. The molecule has 170 valence electrons. The van der Waals surface area contributed by atoms with Crippen LogP contribution in [0.25, 0.3) is 10.1 Å². The number of carbonyl (C=O) groups is 2. The molecule has 0 unspecified atom stereocenters. The van der Waals surface area contributed by atoms with E-state index in [1.165, 1.54) is 37.7 Å². The van der Waals surface area contributed by atoms with Crippen LogP contribution in [0.4, 0.5) is 5.69 Å². The van der Waals surface area contributed by atoms with Crippen molar-refractivity contribution in [3.63, 3.8) is 0 Å². The van der Waals surface area contributed by atoms with Gasteiger partial charge >= 0.3 is 5.97 Å². The lowest BCUT2D eigenvalue weighted by Gasteiger charge is -2.20. The van der Waals surface area contributed by atoms with E-state index in [0.717, 1.165) is 14.4 Å². The predicted octanol–water partition coefficient (Wildman–Crippen LogP) is 3.65. The van der Waals surface area contributed by atoms with Gasteiger partial charge in [0.2, 0.25) is 15.9 Å². The third kappa shape index (κ3) is 4.93. The first-order valence-corrected chi connectivity index (χ1v) is 12.0. The molecular weight excluding hydrogens is 452 g/mol. The molecule has 1 heterocycles. The Labute approximate surface area is 190 Å². The Morgan fingerprint density at radius 2 is 1.84 bits per heavy atom. The van der Waals surface area contributed by atoms with Crippen molar-refractivity contribution in [2.45, 2.75) is 18.7 Å². The Kier molecular flexibility index (Phi) is 7.17. The number of thiophene rings is 1. The highest BCUT2D eigenvalue weighted by Gasteiger charge is 2.26. The van der Waals surface area contributed by atoms with E-state index in [2.05, 4.69) is 5.32 Å². The minimum absolute atomic E-state index is 0.0977. The van der Waals surface area contributed by atoms with Crippen molar-refractivity contribution in [3.8, 4) is 5.75 Å². The van der Waals surface area contributed by atoms with Crippen molar-refractivity contribution >= 4 is 49.0 Å². The van der Waals surface area contributed by atoms with Crippen LogP contribution in [0.3, 0.4) is 0 Å². The van der Waals surface area contributed by atoms with Crippen LogP contribution < -0.4 is 10.1 Å². The highest BCUT2D eigenvalue weighted by molar-refractivity contribution is 7.89. The lowest BCUT2D eigenvalue weighted by atomic mass is 10.2. The molecule has 1 N–H and O–H groups in total. The van der Waals surface area contributed by atoms with Gasteiger partial charge in [-0.1, -0.05) is 6.92 Å². The van der Waals surface area contributed by atoms with Crippen molar-refractivity contribution in [3.05, 3.63) is 52.9 Å². The van der Waals surface area contributed by atoms with Gasteiger partial charge in [-0.3, -0.25) is 4.79 Å². The molecule has 10 heteroatoms. The lowest BCUT2D eigenvalue weighted by molar-refractivity contribution is -0.116. The van der Waals surface area contributed by atoms with E-state index in [1.807, 2.05) is 0 Å². The lowest BCUT2D eigenvalue weighted by Crippen LogP contribution is -2.37. The van der Waals surface area contributed by atoms with E-state index in [4.69, 9.17) is 9.47 Å². The third-order valence-electron chi connectivity index (χ3n) is 4.86. The number of carbonyl (C=O) groups excluding carboxylic acids is 2. The predicted molar refractivity (Wildman–Crippen MR) is 124 cm³/mol. The second kappa shape index (κ2) is 9.68. The average Bonchev–Trinajstić information content (AvgIpc) is 3.20. The molecule has 0 aliphatic carbocycles. The summed E-state index contributed by atoms with van der Waals surface area (Å²) in [7, 11) is -1.03. The number of ether oxygens (including phenoxy) is 2. The number of rotatable bonds is 8. The zero-order chi connectivity index (χ0) is 23.5. The van der Waals surface area contributed by atoms with Crippen LogP contribution in [-0.4, -0.2) is 51.9 Å². The summed E-state index contributed by atoms with van der Waals surface area (Å²) in [5.74, 6) is -0.304. The van der Waals surface area contributed by atoms with E-state index in [-0.39, 0.29) is 18.0 Å². The SMILES string of the molecule is CCN(CC(=O)Nc1ccc2sc(C(=O)OC)cc2c1)S(=O)(=O)c1ccc(OC)c(C)c1. The first kappa shape index (κ1) is 23.7. The Hall–Kier alpha value is -2.95. The molecule has 0 bridgehead atoms. The summed E-state index contributed by atoms with van der Waals surface area (Å²) in [6.07, 6.45) is 0. The van der Waals surface area contributed by atoms with Crippen LogP contribution >= 0.6 is 11.3 Å². The van der Waals surface area contributed by atoms with Crippen LogP contribution in [0, 0.1) is 6.92 Å². The van der Waals surface area contributed by atoms with Crippen molar-refractivity contribution < 1.29 is 27.5 Å². The van der Waals surface area contributed by atoms with Crippen molar-refractivity contribution in [1.29, 1.82) is 0 Å². The molecule has 0 radical (unpaired) electrons. The second-order valence-electron chi connectivity index (χ2n) is 6.97. The Bertz CT molecular complexity index is 1270. The number of nitrogens with zero attached hydrogens (tertiary/aromatic N) is 1. The van der Waals surface area contributed by atoms with Crippen molar-refractivity contribution in [2.75, 3.05) is 32.6 Å². The molecule has 0 aliphatic heterocycles. The van der Waals surface area contributed by atoms with E-state index in [9.17, 15) is 18.0 Å². The number of methoxy groups -OCH3 is 2. The number of aryl methyl sites for hydroxylation is 1. The van der Waals surface area contributed by atoms with Gasteiger partial charge in [-0.05, 0) is 60.3 Å². The van der Waals surface area contributed by atoms with Crippen LogP contribution in [0.1, 0.15) is 22.2 Å². The van der Waals surface area contributed by atoms with Gasteiger partial charge in [0.25, 0.3) is 0 Å². The van der Waals surface area contributed by atoms with Gasteiger partial charge in [-0.15, -0.1) is 11.3 Å². The van der Waals surface area contributed by atoms with Crippen molar-refractivity contribution in [1.82, 2.24) is 4.31 Å². The number of amides is 1. The molecule has 0 fully saturated rings. The van der Waals surface area contributed by atoms with E-state index in [1.54, 1.807) is 44.2 Å². The second-order valence-corrected chi connectivity index (χ2v) is 9.99. The first-order valence-electron chi connectivity index (χ1n) is 9.76. The number of fused-ring (bicyclic) bond motifs is 1. The standard InChI is InChI=1S/C22H24N2O6S2/c1-5-24(32(27,28)17-7-8-18(29-3)14(2)10-17)13-21(25)23-16-6-9-19-15(11-16)12-20(31-19)22(26)30-4/h6-12H,5,13H2,1-4H3,(H,23,25). The topological polar surface area (TPSA) is 102 Å². The smallest absolute Gasteiger partial charge is 0.348 e. The molecule has 8 nitrogen and oxygen atoms in total. The largest absolute Gasteiger partial charge is 0.496 e. The summed E-state index contributed by atoms with van der Waals surface area (Å²) in [5, 5.41) is 3.51. The molecule has 1 amide bonds. The maximum absolute atomic E-state index is 13.0. The first-order chi connectivity index (χ1) is 15.2. The number of hydrogen-bond donors (Lipinski definition) is 1. The van der Waals surface area contributed by atoms with Gasteiger partial charge in [0.05, 0.1) is 25.7 Å². The number of likely N-dealkylation sites (N-methyl/N-ethyl adjacent to an activating group) is 1. The summed E-state index contributed by atoms with van der Waals surface area (Å²) in [5.41, 5.74) is 1.19. The fourth-order valence-corrected chi connectivity index (χ4v) is 5.66. The molecule has 0 aliphatic rings. The molecule has 1 aromatic heterocycles. The fraction of sp³-hybridized carbons (Fsp3) is 0.273. The number of nitrogens with one attached hydrogen (secondary N) is 1. The Balaban J connectivity index is 1.76. The number of anilines is 1. The van der Waals surface area contributed by atoms with Crippen LogP contribution in [0.5, 0.6) is 5.75 Å². The van der Waals surface area contributed by atoms with Crippen molar-refractivity contribution in [2.24, 2.45) is 0 Å². The number of esters is 1. The normalized spacial score (nSPS) is 11.5. The third-order valence-corrected chi connectivity index (χ3v) is 7.88. The minimum Gasteiger partial charge on any atom is -0.496 e. The molecule has 0 atom stereocenters. The zero-order valence-electron chi connectivity index (χ0n) is 18.2. The van der Waals surface area contributed by atoms with Crippen LogP contribution in [0.15, 0.2) is 47.4 Å². The van der Waals surface area contributed by atoms with Gasteiger partial charge < -0.3 is 14.8 Å². The van der Waals surface area contributed by atoms with Crippen LogP contribution in [0.2, 0.25) is 0 Å². The molecule has 32 heavy (non-hydrogen) atoms. The number of hydrogen-bond acceptors (Lipinski definition) is 7. The average molecular weight is 477 g/mol. The minimum atomic E-state index is -3.86. The summed E-state index contributed by atoms with van der Waals surface area (Å²) < 4.78 is 38.0. The van der Waals surface area contributed by atoms with Gasteiger partial charge in [0, 0.05) is 16.9 Å². The zero-order valence-corrected chi connectivity index (χ0v) is 19.8. The number of benzene rings is 2. The molecular formula is C22H24N2O6S2. The molecule has 0 saturated carbocycles. The summed E-state index contributed by atoms with van der Waals surface area (Å²) in [4.78, 5) is 24.9. The monoisotopic (exact) mass is 476 g/mol. The Morgan fingerprint density at radius 1 is 1.09 bits per heavy atom. The maximum atomic E-state index is 13.0. The molecule has 2 aromatic carbocycles.